The van der Waals surface area contributed by atoms with E-state index in [2.05, 4.69) is 41.1 Å². The first-order valence-corrected chi connectivity index (χ1v) is 7.92. The number of nitrogens with zero attached hydrogens (tertiary/aromatic N) is 2. The lowest BCUT2D eigenvalue weighted by molar-refractivity contribution is -0.139. The fraction of sp³-hybridized carbons (Fsp3) is 0.375. The normalized spacial score (nSPS) is 17.4. The summed E-state index contributed by atoms with van der Waals surface area (Å²) in [6.07, 6.45) is 1.34. The van der Waals surface area contributed by atoms with Gasteiger partial charge in [0.1, 0.15) is 0 Å². The van der Waals surface area contributed by atoms with Crippen molar-refractivity contribution in [2.75, 3.05) is 18.6 Å². The molecule has 1 aromatic heterocycles. The van der Waals surface area contributed by atoms with Gasteiger partial charge in [0.15, 0.2) is 5.13 Å². The number of methoxy groups -OCH3 is 1. The van der Waals surface area contributed by atoms with Crippen molar-refractivity contribution in [3.63, 3.8) is 0 Å². The monoisotopic (exact) mass is 302 g/mol. The molecule has 0 fully saturated rings. The number of hydrogen-bond donors (Lipinski definition) is 0. The van der Waals surface area contributed by atoms with Crippen LogP contribution in [-0.4, -0.2) is 24.6 Å². The minimum atomic E-state index is -0.251. The summed E-state index contributed by atoms with van der Waals surface area (Å²) in [5.41, 5.74) is 3.37. The Bertz CT molecular complexity index is 653. The quantitative estimate of drug-likeness (QED) is 0.817. The largest absolute Gasteiger partial charge is 0.469 e. The second kappa shape index (κ2) is 5.85. The van der Waals surface area contributed by atoms with Crippen molar-refractivity contribution in [1.82, 2.24) is 4.98 Å². The minimum Gasteiger partial charge on any atom is -0.469 e. The van der Waals surface area contributed by atoms with Crippen LogP contribution in [0.3, 0.4) is 0 Å². The van der Waals surface area contributed by atoms with E-state index in [9.17, 15) is 4.79 Å². The molecule has 110 valence electrons. The molecule has 5 heteroatoms. The van der Waals surface area contributed by atoms with Crippen LogP contribution in [0.4, 0.5) is 10.8 Å². The molecule has 0 aliphatic carbocycles. The van der Waals surface area contributed by atoms with Gasteiger partial charge in [0.25, 0.3) is 0 Å². The Balaban J connectivity index is 1.88. The molecule has 1 aliphatic heterocycles. The number of carbonyl (C=O) groups excluding carboxylic acids is 1. The van der Waals surface area contributed by atoms with Crippen LogP contribution in [0.1, 0.15) is 18.2 Å². The average Bonchev–Trinajstić information content (AvgIpc) is 2.94. The predicted molar refractivity (Wildman–Crippen MR) is 84.2 cm³/mol. The molecule has 21 heavy (non-hydrogen) atoms. The molecule has 3 rings (SSSR count). The summed E-state index contributed by atoms with van der Waals surface area (Å²) in [7, 11) is 1.40. The highest BCUT2D eigenvalue weighted by Crippen LogP contribution is 2.36. The zero-order valence-electron chi connectivity index (χ0n) is 12.2. The molecule has 1 aliphatic rings. The van der Waals surface area contributed by atoms with Crippen LogP contribution in [-0.2, 0) is 22.4 Å². The lowest BCUT2D eigenvalue weighted by atomic mass is 9.94. The standard InChI is InChI=1S/C16H18N2O2S/c1-11-7-12-5-3-4-6-14(12)18(9-11)16-17-13(10-21-16)8-15(19)20-2/h3-6,10-11H,7-9H2,1-2H3. The van der Waals surface area contributed by atoms with Gasteiger partial charge in [-0.15, -0.1) is 11.3 Å². The van der Waals surface area contributed by atoms with Crippen LogP contribution in [0.2, 0.25) is 0 Å². The van der Waals surface area contributed by atoms with Crippen LogP contribution in [0.25, 0.3) is 0 Å². The maximum absolute atomic E-state index is 11.3. The number of hydrogen-bond acceptors (Lipinski definition) is 5. The second-order valence-electron chi connectivity index (χ2n) is 5.42. The molecular formula is C16H18N2O2S. The number of ether oxygens (including phenoxy) is 1. The number of fused-ring (bicyclic) bond motifs is 1. The highest BCUT2D eigenvalue weighted by atomic mass is 32.1. The van der Waals surface area contributed by atoms with Crippen molar-refractivity contribution in [3.05, 3.63) is 40.9 Å². The molecule has 4 nitrogen and oxygen atoms in total. The number of benzene rings is 1. The zero-order valence-corrected chi connectivity index (χ0v) is 13.0. The summed E-state index contributed by atoms with van der Waals surface area (Å²) < 4.78 is 4.69. The second-order valence-corrected chi connectivity index (χ2v) is 6.26. The van der Waals surface area contributed by atoms with Gasteiger partial charge in [0.05, 0.1) is 19.2 Å². The molecule has 0 saturated heterocycles. The first kappa shape index (κ1) is 14.1. The van der Waals surface area contributed by atoms with Crippen molar-refractivity contribution in [3.8, 4) is 0 Å². The number of para-hydroxylation sites is 1. The topological polar surface area (TPSA) is 42.4 Å². The fourth-order valence-corrected chi connectivity index (χ4v) is 3.55. The van der Waals surface area contributed by atoms with E-state index >= 15 is 0 Å². The Morgan fingerprint density at radius 2 is 2.29 bits per heavy atom. The SMILES string of the molecule is COC(=O)Cc1csc(N2CC(C)Cc3ccccc32)n1. The number of esters is 1. The third-order valence-corrected chi connectivity index (χ3v) is 4.58. The van der Waals surface area contributed by atoms with Crippen LogP contribution in [0.5, 0.6) is 0 Å². The maximum Gasteiger partial charge on any atom is 0.311 e. The summed E-state index contributed by atoms with van der Waals surface area (Å²) in [6, 6.07) is 8.47. The molecule has 1 atom stereocenters. The Hall–Kier alpha value is -1.88. The van der Waals surface area contributed by atoms with Gasteiger partial charge >= 0.3 is 5.97 Å². The van der Waals surface area contributed by atoms with Crippen LogP contribution in [0.15, 0.2) is 29.6 Å². The van der Waals surface area contributed by atoms with E-state index in [0.717, 1.165) is 23.8 Å². The van der Waals surface area contributed by atoms with Crippen LogP contribution < -0.4 is 4.90 Å². The molecule has 0 saturated carbocycles. The number of aromatic nitrogens is 1. The first-order chi connectivity index (χ1) is 10.2. The Kier molecular flexibility index (Phi) is 3.92. The summed E-state index contributed by atoms with van der Waals surface area (Å²) in [6.45, 7) is 3.22. The highest BCUT2D eigenvalue weighted by Gasteiger charge is 2.24. The van der Waals surface area contributed by atoms with Gasteiger partial charge < -0.3 is 9.64 Å². The van der Waals surface area contributed by atoms with Crippen molar-refractivity contribution in [1.29, 1.82) is 0 Å². The molecule has 2 heterocycles. The van der Waals surface area contributed by atoms with E-state index in [1.54, 1.807) is 11.3 Å². The molecule has 2 aromatic rings. The van der Waals surface area contributed by atoms with E-state index in [1.807, 2.05) is 5.38 Å². The van der Waals surface area contributed by atoms with Gasteiger partial charge in [-0.2, -0.15) is 0 Å². The maximum atomic E-state index is 11.3. The van der Waals surface area contributed by atoms with Gasteiger partial charge in [0, 0.05) is 17.6 Å². The molecule has 0 radical (unpaired) electrons. The van der Waals surface area contributed by atoms with Gasteiger partial charge in [0.2, 0.25) is 0 Å². The van der Waals surface area contributed by atoms with Gasteiger partial charge in [-0.3, -0.25) is 4.79 Å². The molecule has 1 aromatic carbocycles. The van der Waals surface area contributed by atoms with Crippen molar-refractivity contribution >= 4 is 28.1 Å². The van der Waals surface area contributed by atoms with Gasteiger partial charge in [-0.1, -0.05) is 25.1 Å². The molecule has 0 bridgehead atoms. The van der Waals surface area contributed by atoms with Crippen molar-refractivity contribution in [2.24, 2.45) is 5.92 Å². The zero-order chi connectivity index (χ0) is 14.8. The number of thiazole rings is 1. The summed E-state index contributed by atoms with van der Waals surface area (Å²) in [4.78, 5) is 18.2. The van der Waals surface area contributed by atoms with Gasteiger partial charge in [-0.25, -0.2) is 4.98 Å². The third-order valence-electron chi connectivity index (χ3n) is 3.67. The number of carbonyl (C=O) groups is 1. The molecule has 0 N–H and O–H groups in total. The smallest absolute Gasteiger partial charge is 0.311 e. The highest BCUT2D eigenvalue weighted by molar-refractivity contribution is 7.13. The van der Waals surface area contributed by atoms with Crippen LogP contribution in [0, 0.1) is 5.92 Å². The Labute approximate surface area is 128 Å². The van der Waals surface area contributed by atoms with E-state index in [0.29, 0.717) is 5.92 Å². The Morgan fingerprint density at radius 3 is 3.10 bits per heavy atom. The fourth-order valence-electron chi connectivity index (χ4n) is 2.70. The summed E-state index contributed by atoms with van der Waals surface area (Å²) >= 11 is 1.58. The number of rotatable bonds is 3. The van der Waals surface area contributed by atoms with Crippen molar-refractivity contribution < 1.29 is 9.53 Å². The van der Waals surface area contributed by atoms with E-state index in [4.69, 9.17) is 4.74 Å². The van der Waals surface area contributed by atoms with Crippen LogP contribution >= 0.6 is 11.3 Å². The van der Waals surface area contributed by atoms with E-state index in [1.165, 1.54) is 18.4 Å². The summed E-state index contributed by atoms with van der Waals surface area (Å²) in [5.74, 6) is 0.340. The average molecular weight is 302 g/mol. The minimum absolute atomic E-state index is 0.234. The van der Waals surface area contributed by atoms with Gasteiger partial charge in [-0.05, 0) is 24.0 Å². The Morgan fingerprint density at radius 1 is 1.48 bits per heavy atom. The molecule has 1 unspecified atom stereocenters. The molecule has 0 amide bonds. The lowest BCUT2D eigenvalue weighted by Crippen LogP contribution is -2.30. The first-order valence-electron chi connectivity index (χ1n) is 7.04. The number of anilines is 2. The van der Waals surface area contributed by atoms with E-state index in [-0.39, 0.29) is 12.4 Å². The predicted octanol–water partition coefficient (Wildman–Crippen LogP) is 3.19. The third kappa shape index (κ3) is 2.93. The molecular weight excluding hydrogens is 284 g/mol. The van der Waals surface area contributed by atoms with E-state index < -0.39 is 0 Å². The lowest BCUT2D eigenvalue weighted by Gasteiger charge is -2.32. The van der Waals surface area contributed by atoms with Crippen molar-refractivity contribution in [2.45, 2.75) is 19.8 Å². The molecule has 0 spiro atoms. The summed E-state index contributed by atoms with van der Waals surface area (Å²) in [5, 5.41) is 2.89.